The van der Waals surface area contributed by atoms with Gasteiger partial charge in [-0.15, -0.1) is 0 Å². The molecular formula is C10H11F3O2. The van der Waals surface area contributed by atoms with E-state index in [0.29, 0.717) is 11.8 Å². The van der Waals surface area contributed by atoms with Crippen molar-refractivity contribution in [3.8, 4) is 0 Å². The minimum Gasteiger partial charge on any atom is -0.459 e. The molecule has 1 saturated carbocycles. The summed E-state index contributed by atoms with van der Waals surface area (Å²) in [5.74, 6) is -1.22. The summed E-state index contributed by atoms with van der Waals surface area (Å²) in [6.07, 6.45) is 1.07. The first kappa shape index (κ1) is 10.5. The molecule has 3 atom stereocenters. The number of fused-ring (bicyclic) bond motifs is 2. The highest BCUT2D eigenvalue weighted by Gasteiger charge is 2.42. The van der Waals surface area contributed by atoms with Crippen LogP contribution in [0.3, 0.4) is 0 Å². The molecule has 5 heteroatoms. The van der Waals surface area contributed by atoms with Crippen LogP contribution in [0.4, 0.5) is 13.2 Å². The normalized spacial score (nSPS) is 33.4. The Morgan fingerprint density at radius 2 is 2.07 bits per heavy atom. The standard InChI is InChI=1S/C10H11F3O2/c11-10(12,13)9(14)15-5-8-4-6-1-2-7(8)3-6/h1-2,6-8H,3-5H2. The summed E-state index contributed by atoms with van der Waals surface area (Å²) < 4.78 is 39.7. The van der Waals surface area contributed by atoms with Crippen molar-refractivity contribution in [2.24, 2.45) is 17.8 Å². The van der Waals surface area contributed by atoms with Crippen LogP contribution in [0.1, 0.15) is 12.8 Å². The number of halogens is 3. The van der Waals surface area contributed by atoms with Crippen LogP contribution < -0.4 is 0 Å². The lowest BCUT2D eigenvalue weighted by molar-refractivity contribution is -0.201. The number of rotatable bonds is 2. The maximum Gasteiger partial charge on any atom is 0.490 e. The fourth-order valence-corrected chi connectivity index (χ4v) is 2.35. The monoisotopic (exact) mass is 220 g/mol. The van der Waals surface area contributed by atoms with Gasteiger partial charge in [0.1, 0.15) is 0 Å². The van der Waals surface area contributed by atoms with Crippen molar-refractivity contribution in [1.29, 1.82) is 0 Å². The Balaban J connectivity index is 1.80. The van der Waals surface area contributed by atoms with E-state index in [1.807, 2.05) is 6.08 Å². The maximum absolute atomic E-state index is 11.8. The van der Waals surface area contributed by atoms with Gasteiger partial charge in [0.05, 0.1) is 6.61 Å². The lowest BCUT2D eigenvalue weighted by atomic mass is 9.95. The fraction of sp³-hybridized carbons (Fsp3) is 0.700. The SMILES string of the molecule is O=C(OCC1CC2C=CC1C2)C(F)(F)F. The van der Waals surface area contributed by atoms with Gasteiger partial charge >= 0.3 is 12.1 Å². The Morgan fingerprint density at radius 3 is 2.53 bits per heavy atom. The van der Waals surface area contributed by atoms with Crippen LogP contribution in [0.5, 0.6) is 0 Å². The number of carbonyl (C=O) groups is 1. The third-order valence-electron chi connectivity index (χ3n) is 3.08. The molecule has 0 aliphatic heterocycles. The second-order valence-electron chi connectivity index (χ2n) is 4.14. The largest absolute Gasteiger partial charge is 0.490 e. The lowest BCUT2D eigenvalue weighted by Crippen LogP contribution is -2.28. The summed E-state index contributed by atoms with van der Waals surface area (Å²) in [7, 11) is 0. The van der Waals surface area contributed by atoms with Crippen LogP contribution in [0.25, 0.3) is 0 Å². The average molecular weight is 220 g/mol. The molecule has 2 bridgehead atoms. The second-order valence-corrected chi connectivity index (χ2v) is 4.14. The van der Waals surface area contributed by atoms with Gasteiger partial charge < -0.3 is 4.74 Å². The maximum atomic E-state index is 11.8. The highest BCUT2D eigenvalue weighted by molar-refractivity contribution is 5.75. The van der Waals surface area contributed by atoms with Crippen LogP contribution >= 0.6 is 0 Å². The van der Waals surface area contributed by atoms with E-state index >= 15 is 0 Å². The Bertz CT molecular complexity index is 296. The predicted octanol–water partition coefficient (Wildman–Crippen LogP) is 2.30. The molecule has 0 spiro atoms. The van der Waals surface area contributed by atoms with E-state index in [4.69, 9.17) is 0 Å². The number of hydrogen-bond donors (Lipinski definition) is 0. The molecule has 0 heterocycles. The summed E-state index contributed by atoms with van der Waals surface area (Å²) in [5, 5.41) is 0. The molecule has 0 radical (unpaired) electrons. The van der Waals surface area contributed by atoms with Crippen molar-refractivity contribution in [3.05, 3.63) is 12.2 Å². The van der Waals surface area contributed by atoms with Gasteiger partial charge in [-0.1, -0.05) is 12.2 Å². The van der Waals surface area contributed by atoms with Crippen LogP contribution in [0.15, 0.2) is 12.2 Å². The third kappa shape index (κ3) is 2.16. The number of allylic oxidation sites excluding steroid dienone is 2. The molecule has 3 unspecified atom stereocenters. The molecular weight excluding hydrogens is 209 g/mol. The molecule has 84 valence electrons. The zero-order valence-corrected chi connectivity index (χ0v) is 7.96. The minimum atomic E-state index is -4.87. The van der Waals surface area contributed by atoms with Crippen molar-refractivity contribution in [2.45, 2.75) is 19.0 Å². The number of alkyl halides is 3. The van der Waals surface area contributed by atoms with Gasteiger partial charge in [0.2, 0.25) is 0 Å². The lowest BCUT2D eigenvalue weighted by Gasteiger charge is -2.18. The van der Waals surface area contributed by atoms with E-state index in [9.17, 15) is 18.0 Å². The summed E-state index contributed by atoms with van der Waals surface area (Å²) >= 11 is 0. The molecule has 0 aromatic carbocycles. The highest BCUT2D eigenvalue weighted by Crippen LogP contribution is 2.43. The highest BCUT2D eigenvalue weighted by atomic mass is 19.4. The van der Waals surface area contributed by atoms with Gasteiger partial charge in [0.15, 0.2) is 0 Å². The first-order chi connectivity index (χ1) is 6.97. The van der Waals surface area contributed by atoms with Gasteiger partial charge in [-0.25, -0.2) is 4.79 Å². The van der Waals surface area contributed by atoms with Crippen LogP contribution in [0.2, 0.25) is 0 Å². The van der Waals surface area contributed by atoms with E-state index in [0.717, 1.165) is 12.8 Å². The summed E-state index contributed by atoms with van der Waals surface area (Å²) in [4.78, 5) is 10.5. The Hall–Kier alpha value is -1.00. The van der Waals surface area contributed by atoms with Gasteiger partial charge in [-0.05, 0) is 30.6 Å². The minimum absolute atomic E-state index is 0.0753. The number of ether oxygens (including phenoxy) is 1. The van der Waals surface area contributed by atoms with Crippen LogP contribution in [-0.2, 0) is 9.53 Å². The van der Waals surface area contributed by atoms with Crippen molar-refractivity contribution in [2.75, 3.05) is 6.61 Å². The zero-order valence-electron chi connectivity index (χ0n) is 7.96. The molecule has 0 saturated heterocycles. The van der Waals surface area contributed by atoms with Gasteiger partial charge in [0, 0.05) is 0 Å². The van der Waals surface area contributed by atoms with Gasteiger partial charge in [-0.3, -0.25) is 0 Å². The average Bonchev–Trinajstić information content (AvgIpc) is 2.73. The van der Waals surface area contributed by atoms with Crippen LogP contribution in [0, 0.1) is 17.8 Å². The first-order valence-corrected chi connectivity index (χ1v) is 4.89. The number of carbonyl (C=O) groups excluding carboxylic acids is 1. The van der Waals surface area contributed by atoms with E-state index < -0.39 is 12.1 Å². The molecule has 2 aliphatic carbocycles. The third-order valence-corrected chi connectivity index (χ3v) is 3.08. The summed E-state index contributed by atoms with van der Waals surface area (Å²) in [5.41, 5.74) is 0. The molecule has 0 N–H and O–H groups in total. The van der Waals surface area contributed by atoms with Crippen molar-refractivity contribution in [3.63, 3.8) is 0 Å². The van der Waals surface area contributed by atoms with Crippen molar-refractivity contribution < 1.29 is 22.7 Å². The Labute approximate surface area is 85.1 Å². The quantitative estimate of drug-likeness (QED) is 0.527. The smallest absolute Gasteiger partial charge is 0.459 e. The zero-order chi connectivity index (χ0) is 11.1. The topological polar surface area (TPSA) is 26.3 Å². The molecule has 0 aromatic rings. The Morgan fingerprint density at radius 1 is 1.33 bits per heavy atom. The van der Waals surface area contributed by atoms with E-state index in [-0.39, 0.29) is 12.5 Å². The van der Waals surface area contributed by atoms with Crippen molar-refractivity contribution in [1.82, 2.24) is 0 Å². The fourth-order valence-electron chi connectivity index (χ4n) is 2.35. The van der Waals surface area contributed by atoms with E-state index in [1.165, 1.54) is 0 Å². The molecule has 2 nitrogen and oxygen atoms in total. The van der Waals surface area contributed by atoms with Gasteiger partial charge in [-0.2, -0.15) is 13.2 Å². The first-order valence-electron chi connectivity index (χ1n) is 4.89. The van der Waals surface area contributed by atoms with Gasteiger partial charge in [0.25, 0.3) is 0 Å². The molecule has 1 fully saturated rings. The van der Waals surface area contributed by atoms with Crippen molar-refractivity contribution >= 4 is 5.97 Å². The van der Waals surface area contributed by atoms with E-state index in [2.05, 4.69) is 10.8 Å². The van der Waals surface area contributed by atoms with E-state index in [1.54, 1.807) is 0 Å². The summed E-state index contributed by atoms with van der Waals surface area (Å²) in [6.45, 7) is -0.107. The number of esters is 1. The molecule has 0 amide bonds. The Kier molecular flexibility index (Phi) is 2.48. The molecule has 15 heavy (non-hydrogen) atoms. The second kappa shape index (κ2) is 3.54. The molecule has 0 aromatic heterocycles. The number of hydrogen-bond acceptors (Lipinski definition) is 2. The predicted molar refractivity (Wildman–Crippen MR) is 45.9 cm³/mol. The molecule has 2 rings (SSSR count). The summed E-state index contributed by atoms with van der Waals surface area (Å²) in [6, 6.07) is 0. The van der Waals surface area contributed by atoms with Crippen LogP contribution in [-0.4, -0.2) is 18.8 Å². The molecule has 2 aliphatic rings.